The van der Waals surface area contributed by atoms with Crippen LogP contribution in [0.4, 0.5) is 0 Å². The molecule has 2 aliphatic rings. The number of nitrogens with one attached hydrogen (secondary N) is 1. The molecule has 0 saturated carbocycles. The third kappa shape index (κ3) is 7.22. The number of benzene rings is 1. The quantitative estimate of drug-likeness (QED) is 0.399. The monoisotopic (exact) mass is 525 g/mol. The molecular formula is C30H36ClNO5. The summed E-state index contributed by atoms with van der Waals surface area (Å²) in [5.74, 6) is -1.87. The molecule has 0 aromatic heterocycles. The highest BCUT2D eigenvalue weighted by Gasteiger charge is 2.33. The summed E-state index contributed by atoms with van der Waals surface area (Å²) >= 11 is 6.54. The fourth-order valence-electron chi connectivity index (χ4n) is 4.52. The van der Waals surface area contributed by atoms with Crippen molar-refractivity contribution in [3.8, 4) is 0 Å². The highest BCUT2D eigenvalue weighted by atomic mass is 35.5. The molecule has 1 N–H and O–H groups in total. The second-order valence-corrected chi connectivity index (χ2v) is 10.7. The van der Waals surface area contributed by atoms with E-state index >= 15 is 0 Å². The molecule has 37 heavy (non-hydrogen) atoms. The molecule has 0 fully saturated rings. The molecule has 2 aliphatic carbocycles. The molecule has 0 heterocycles. The van der Waals surface area contributed by atoms with Crippen molar-refractivity contribution in [1.29, 1.82) is 0 Å². The van der Waals surface area contributed by atoms with Crippen molar-refractivity contribution in [2.75, 3.05) is 7.11 Å². The van der Waals surface area contributed by atoms with E-state index in [1.54, 1.807) is 51.1 Å². The smallest absolute Gasteiger partial charge is 0.338 e. The molecule has 3 rings (SSSR count). The van der Waals surface area contributed by atoms with Gasteiger partial charge in [-0.2, -0.15) is 0 Å². The zero-order chi connectivity index (χ0) is 27.2. The van der Waals surface area contributed by atoms with Gasteiger partial charge in [0.1, 0.15) is 5.60 Å². The van der Waals surface area contributed by atoms with Crippen LogP contribution in [0.5, 0.6) is 0 Å². The summed E-state index contributed by atoms with van der Waals surface area (Å²) in [5.41, 5.74) is 1.73. The summed E-state index contributed by atoms with van der Waals surface area (Å²) in [6, 6.07) is 4.81. The Labute approximate surface area is 224 Å². The predicted molar refractivity (Wildman–Crippen MR) is 146 cm³/mol. The molecule has 198 valence electrons. The van der Waals surface area contributed by atoms with Gasteiger partial charge in [-0.1, -0.05) is 61.4 Å². The molecular weight excluding hydrogens is 490 g/mol. The van der Waals surface area contributed by atoms with Gasteiger partial charge in [0.05, 0.1) is 24.6 Å². The molecule has 0 radical (unpaired) electrons. The standard InChI is InChI=1S/C30H36ClNO5/c1-6-11-25(19-12-8-7-9-13-19)32-27(33)20-16-17-21(23(18-20)29(35)37-30(2,3)4)26-22(28(34)36-5)14-10-15-24(26)31/h8,10,12-17,20,25H,6-7,9,11,18H2,1-5H3,(H,32,33)/t20?,25-/m1/s1. The Balaban J connectivity index is 1.98. The highest BCUT2D eigenvalue weighted by molar-refractivity contribution is 6.33. The van der Waals surface area contributed by atoms with Crippen molar-refractivity contribution in [1.82, 2.24) is 5.32 Å². The van der Waals surface area contributed by atoms with E-state index in [1.165, 1.54) is 7.11 Å². The summed E-state index contributed by atoms with van der Waals surface area (Å²) in [6.45, 7) is 7.43. The van der Waals surface area contributed by atoms with Crippen molar-refractivity contribution in [2.24, 2.45) is 5.92 Å². The average molecular weight is 526 g/mol. The van der Waals surface area contributed by atoms with Gasteiger partial charge in [0.2, 0.25) is 5.91 Å². The lowest BCUT2D eigenvalue weighted by atomic mass is 9.84. The first-order valence-corrected chi connectivity index (χ1v) is 13.1. The van der Waals surface area contributed by atoms with Gasteiger partial charge in [-0.05, 0) is 69.7 Å². The lowest BCUT2D eigenvalue weighted by Gasteiger charge is -2.28. The average Bonchev–Trinajstić information content (AvgIpc) is 2.87. The number of carbonyl (C=O) groups excluding carboxylic acids is 3. The summed E-state index contributed by atoms with van der Waals surface area (Å²) in [6.07, 6.45) is 13.7. The van der Waals surface area contributed by atoms with Gasteiger partial charge in [0, 0.05) is 16.2 Å². The van der Waals surface area contributed by atoms with Crippen LogP contribution in [0.25, 0.3) is 5.57 Å². The minimum Gasteiger partial charge on any atom is -0.465 e. The maximum atomic E-state index is 13.4. The number of esters is 2. The minimum absolute atomic E-state index is 0.0905. The van der Waals surface area contributed by atoms with Crippen molar-refractivity contribution >= 4 is 35.0 Å². The second-order valence-electron chi connectivity index (χ2n) is 10.3. The van der Waals surface area contributed by atoms with Gasteiger partial charge in [0.15, 0.2) is 0 Å². The number of hydrogen-bond donors (Lipinski definition) is 1. The van der Waals surface area contributed by atoms with Crippen LogP contribution in [-0.2, 0) is 19.1 Å². The SMILES string of the molecule is CCC[C@@H](NC(=O)C1C=CC(c2c(Cl)cccc2C(=O)OC)=C(C(=O)OC(C)(C)C)C1)C1=CCCC=C1. The normalized spacial score (nSPS) is 18.2. The first kappa shape index (κ1) is 28.5. The Bertz CT molecular complexity index is 1170. The lowest BCUT2D eigenvalue weighted by Crippen LogP contribution is -2.40. The molecule has 6 nitrogen and oxygen atoms in total. The van der Waals surface area contributed by atoms with Crippen molar-refractivity contribution < 1.29 is 23.9 Å². The molecule has 1 amide bonds. The highest BCUT2D eigenvalue weighted by Crippen LogP contribution is 2.37. The lowest BCUT2D eigenvalue weighted by molar-refractivity contribution is -0.150. The Morgan fingerprint density at radius 3 is 2.51 bits per heavy atom. The molecule has 2 atom stereocenters. The van der Waals surface area contributed by atoms with Crippen LogP contribution in [0.2, 0.25) is 5.02 Å². The summed E-state index contributed by atoms with van der Waals surface area (Å²) < 4.78 is 10.6. The number of halogens is 1. The topological polar surface area (TPSA) is 81.7 Å². The largest absolute Gasteiger partial charge is 0.465 e. The first-order chi connectivity index (χ1) is 17.6. The van der Waals surface area contributed by atoms with E-state index < -0.39 is 23.5 Å². The maximum absolute atomic E-state index is 13.4. The van der Waals surface area contributed by atoms with Gasteiger partial charge < -0.3 is 14.8 Å². The third-order valence-electron chi connectivity index (χ3n) is 6.23. The van der Waals surface area contributed by atoms with Crippen molar-refractivity contribution in [3.05, 3.63) is 75.9 Å². The van der Waals surface area contributed by atoms with Crippen LogP contribution in [0.1, 0.15) is 75.7 Å². The second kappa shape index (κ2) is 12.4. The molecule has 1 aromatic carbocycles. The van der Waals surface area contributed by atoms with Gasteiger partial charge in [-0.25, -0.2) is 9.59 Å². The Hall–Kier alpha value is -3.12. The number of ether oxygens (including phenoxy) is 2. The number of allylic oxidation sites excluding steroid dienone is 4. The van der Waals surface area contributed by atoms with E-state index in [4.69, 9.17) is 21.1 Å². The van der Waals surface area contributed by atoms with Crippen molar-refractivity contribution in [3.63, 3.8) is 0 Å². The maximum Gasteiger partial charge on any atom is 0.338 e. The summed E-state index contributed by atoms with van der Waals surface area (Å²) in [4.78, 5) is 39.3. The third-order valence-corrected chi connectivity index (χ3v) is 6.55. The fraction of sp³-hybridized carbons (Fsp3) is 0.433. The number of rotatable bonds is 8. The van der Waals surface area contributed by atoms with Gasteiger partial charge in [0.25, 0.3) is 0 Å². The van der Waals surface area contributed by atoms with Crippen LogP contribution >= 0.6 is 11.6 Å². The number of methoxy groups -OCH3 is 1. The van der Waals surface area contributed by atoms with Gasteiger partial charge >= 0.3 is 11.9 Å². The van der Waals surface area contributed by atoms with E-state index in [1.807, 2.05) is 0 Å². The first-order valence-electron chi connectivity index (χ1n) is 12.7. The summed E-state index contributed by atoms with van der Waals surface area (Å²) in [7, 11) is 1.29. The fourth-order valence-corrected chi connectivity index (χ4v) is 4.79. The molecule has 1 unspecified atom stereocenters. The van der Waals surface area contributed by atoms with Crippen LogP contribution in [0, 0.1) is 5.92 Å². The van der Waals surface area contributed by atoms with E-state index in [9.17, 15) is 14.4 Å². The van der Waals surface area contributed by atoms with Crippen LogP contribution < -0.4 is 5.32 Å². The van der Waals surface area contributed by atoms with Crippen LogP contribution in [0.3, 0.4) is 0 Å². The predicted octanol–water partition coefficient (Wildman–Crippen LogP) is 6.36. The Morgan fingerprint density at radius 1 is 1.14 bits per heavy atom. The molecule has 0 saturated heterocycles. The van der Waals surface area contributed by atoms with E-state index in [2.05, 4.69) is 30.5 Å². The van der Waals surface area contributed by atoms with E-state index in [-0.39, 0.29) is 23.9 Å². The van der Waals surface area contributed by atoms with E-state index in [0.717, 1.165) is 31.3 Å². The number of carbonyl (C=O) groups is 3. The van der Waals surface area contributed by atoms with Gasteiger partial charge in [-0.15, -0.1) is 0 Å². The van der Waals surface area contributed by atoms with E-state index in [0.29, 0.717) is 21.7 Å². The van der Waals surface area contributed by atoms with Gasteiger partial charge in [-0.3, -0.25) is 4.79 Å². The number of amides is 1. The molecule has 7 heteroatoms. The van der Waals surface area contributed by atoms with Crippen LogP contribution in [-0.4, -0.2) is 36.6 Å². The Morgan fingerprint density at radius 2 is 1.89 bits per heavy atom. The molecule has 0 bridgehead atoms. The molecule has 0 spiro atoms. The molecule has 0 aliphatic heterocycles. The summed E-state index contributed by atoms with van der Waals surface area (Å²) in [5, 5.41) is 3.48. The number of hydrogen-bond acceptors (Lipinski definition) is 5. The minimum atomic E-state index is -0.744. The molecule has 1 aromatic rings. The zero-order valence-corrected chi connectivity index (χ0v) is 23.0. The van der Waals surface area contributed by atoms with Crippen LogP contribution in [0.15, 0.2) is 59.7 Å². The zero-order valence-electron chi connectivity index (χ0n) is 22.2. The Kier molecular flexibility index (Phi) is 9.55. The van der Waals surface area contributed by atoms with Crippen molar-refractivity contribution in [2.45, 2.75) is 71.4 Å².